The minimum absolute atomic E-state index is 0.00592. The second-order valence-electron chi connectivity index (χ2n) is 5.60. The Morgan fingerprint density at radius 2 is 1.79 bits per heavy atom. The molecule has 0 heterocycles. The standard InChI is InChI=1S/C20H14Cl2N2O4/c1-24(8-4-6-12-5-2-3-7-17(12)25)20(28)14(11-23)18(26)13-9-15(21)19(27)16(22)10-13/h2-3,5,7,9-10,25-27H,8H2,1H3/b18-14-. The lowest BCUT2D eigenvalue weighted by atomic mass is 10.1. The van der Waals surface area contributed by atoms with Crippen LogP contribution in [0.2, 0.25) is 10.0 Å². The molecule has 0 spiro atoms. The van der Waals surface area contributed by atoms with Crippen LogP contribution in [-0.4, -0.2) is 39.7 Å². The molecule has 3 N–H and O–H groups in total. The number of nitriles is 1. The van der Waals surface area contributed by atoms with Crippen molar-refractivity contribution < 1.29 is 20.1 Å². The van der Waals surface area contributed by atoms with Crippen LogP contribution in [-0.2, 0) is 4.79 Å². The largest absolute Gasteiger partial charge is 0.507 e. The summed E-state index contributed by atoms with van der Waals surface area (Å²) in [6, 6.07) is 10.5. The summed E-state index contributed by atoms with van der Waals surface area (Å²) in [5.74, 6) is 3.67. The van der Waals surface area contributed by atoms with E-state index in [0.29, 0.717) is 5.56 Å². The number of aromatic hydroxyl groups is 2. The topological polar surface area (TPSA) is 105 Å². The van der Waals surface area contributed by atoms with Crippen LogP contribution in [0.1, 0.15) is 11.1 Å². The molecule has 0 aliphatic heterocycles. The van der Waals surface area contributed by atoms with Gasteiger partial charge in [-0.25, -0.2) is 0 Å². The number of para-hydroxylation sites is 1. The van der Waals surface area contributed by atoms with E-state index in [0.717, 1.165) is 4.90 Å². The highest BCUT2D eigenvalue weighted by atomic mass is 35.5. The van der Waals surface area contributed by atoms with Crippen LogP contribution in [0.15, 0.2) is 42.0 Å². The number of aliphatic hydroxyl groups excluding tert-OH is 1. The number of rotatable bonds is 3. The molecule has 0 saturated heterocycles. The molecule has 0 fully saturated rings. The Hall–Kier alpha value is -3.32. The molecule has 0 aliphatic carbocycles. The molecule has 2 aromatic carbocycles. The molecular weight excluding hydrogens is 403 g/mol. The lowest BCUT2D eigenvalue weighted by Crippen LogP contribution is -2.28. The fourth-order valence-electron chi connectivity index (χ4n) is 2.14. The fourth-order valence-corrected chi connectivity index (χ4v) is 2.63. The molecule has 2 rings (SSSR count). The number of hydrogen-bond donors (Lipinski definition) is 3. The van der Waals surface area contributed by atoms with Crippen molar-refractivity contribution in [3.63, 3.8) is 0 Å². The summed E-state index contributed by atoms with van der Waals surface area (Å²) in [5, 5.41) is 38.6. The summed E-state index contributed by atoms with van der Waals surface area (Å²) in [6.45, 7) is -0.0529. The monoisotopic (exact) mass is 416 g/mol. The molecule has 0 radical (unpaired) electrons. The average molecular weight is 417 g/mol. The van der Waals surface area contributed by atoms with E-state index in [9.17, 15) is 25.4 Å². The third-order valence-electron chi connectivity index (χ3n) is 3.64. The Kier molecular flexibility index (Phi) is 6.79. The zero-order valence-corrected chi connectivity index (χ0v) is 16.1. The van der Waals surface area contributed by atoms with Crippen LogP contribution in [0.3, 0.4) is 0 Å². The maximum atomic E-state index is 12.5. The number of halogens is 2. The summed E-state index contributed by atoms with van der Waals surface area (Å²) in [6.07, 6.45) is 0. The van der Waals surface area contributed by atoms with E-state index in [1.165, 1.54) is 25.2 Å². The predicted octanol–water partition coefficient (Wildman–Crippen LogP) is 3.71. The number of phenolic OH excluding ortho intramolecular Hbond substituents is 2. The second-order valence-corrected chi connectivity index (χ2v) is 6.42. The van der Waals surface area contributed by atoms with E-state index in [1.807, 2.05) is 0 Å². The quantitative estimate of drug-likeness (QED) is 0.306. The van der Waals surface area contributed by atoms with Crippen molar-refractivity contribution in [3.8, 4) is 29.4 Å². The van der Waals surface area contributed by atoms with Crippen molar-refractivity contribution in [1.29, 1.82) is 5.26 Å². The van der Waals surface area contributed by atoms with E-state index in [2.05, 4.69) is 11.8 Å². The van der Waals surface area contributed by atoms with Crippen LogP contribution in [0, 0.1) is 23.2 Å². The molecule has 0 bridgehead atoms. The molecule has 8 heteroatoms. The molecular formula is C20H14Cl2N2O4. The molecule has 2 aromatic rings. The average Bonchev–Trinajstić information content (AvgIpc) is 2.67. The van der Waals surface area contributed by atoms with E-state index >= 15 is 0 Å². The van der Waals surface area contributed by atoms with Gasteiger partial charge in [-0.15, -0.1) is 0 Å². The van der Waals surface area contributed by atoms with Crippen LogP contribution >= 0.6 is 23.2 Å². The summed E-state index contributed by atoms with van der Waals surface area (Å²) >= 11 is 11.6. The Morgan fingerprint density at radius 3 is 2.36 bits per heavy atom. The van der Waals surface area contributed by atoms with Gasteiger partial charge in [0.1, 0.15) is 17.6 Å². The van der Waals surface area contributed by atoms with Gasteiger partial charge < -0.3 is 20.2 Å². The number of amides is 1. The summed E-state index contributed by atoms with van der Waals surface area (Å²) < 4.78 is 0. The minimum atomic E-state index is -0.771. The minimum Gasteiger partial charge on any atom is -0.507 e. The number of nitrogens with zero attached hydrogens (tertiary/aromatic N) is 2. The Balaban J connectivity index is 2.26. The first-order valence-corrected chi connectivity index (χ1v) is 8.56. The van der Waals surface area contributed by atoms with Crippen LogP contribution in [0.4, 0.5) is 0 Å². The number of carbonyl (C=O) groups is 1. The van der Waals surface area contributed by atoms with Gasteiger partial charge in [0.05, 0.1) is 22.2 Å². The fraction of sp³-hybridized carbons (Fsp3) is 0.100. The summed E-state index contributed by atoms with van der Waals surface area (Å²) in [7, 11) is 1.41. The van der Waals surface area contributed by atoms with Gasteiger partial charge in [0.2, 0.25) is 0 Å². The third kappa shape index (κ3) is 4.69. The van der Waals surface area contributed by atoms with Gasteiger partial charge in [-0.1, -0.05) is 47.2 Å². The molecule has 0 unspecified atom stereocenters. The number of aliphatic hydroxyl groups is 1. The molecule has 142 valence electrons. The molecule has 28 heavy (non-hydrogen) atoms. The van der Waals surface area contributed by atoms with Gasteiger partial charge in [0.25, 0.3) is 5.91 Å². The van der Waals surface area contributed by atoms with Crippen LogP contribution in [0.5, 0.6) is 11.5 Å². The molecule has 1 amide bonds. The zero-order chi connectivity index (χ0) is 20.8. The first-order valence-electron chi connectivity index (χ1n) is 7.80. The number of phenols is 2. The molecule has 0 aliphatic rings. The maximum Gasteiger partial charge on any atom is 0.268 e. The predicted molar refractivity (Wildman–Crippen MR) is 106 cm³/mol. The van der Waals surface area contributed by atoms with Gasteiger partial charge >= 0.3 is 0 Å². The van der Waals surface area contributed by atoms with E-state index in [-0.39, 0.29) is 33.7 Å². The Labute approximate surface area is 171 Å². The Morgan fingerprint density at radius 1 is 1.18 bits per heavy atom. The molecule has 6 nitrogen and oxygen atoms in total. The highest BCUT2D eigenvalue weighted by Gasteiger charge is 2.21. The van der Waals surface area contributed by atoms with Gasteiger partial charge in [-0.05, 0) is 24.3 Å². The smallest absolute Gasteiger partial charge is 0.268 e. The first-order chi connectivity index (χ1) is 13.3. The number of carbonyl (C=O) groups excluding carboxylic acids is 1. The molecule has 0 atom stereocenters. The summed E-state index contributed by atoms with van der Waals surface area (Å²) in [5.41, 5.74) is -0.133. The normalized spacial score (nSPS) is 10.9. The van der Waals surface area contributed by atoms with E-state index in [4.69, 9.17) is 23.2 Å². The maximum absolute atomic E-state index is 12.5. The van der Waals surface area contributed by atoms with Crippen molar-refractivity contribution in [3.05, 3.63) is 63.1 Å². The van der Waals surface area contributed by atoms with Crippen LogP contribution in [0.25, 0.3) is 5.76 Å². The molecule has 0 aromatic heterocycles. The SMILES string of the molecule is CN(CC#Cc1ccccc1O)C(=O)/C(C#N)=C(\O)c1cc(Cl)c(O)c(Cl)c1. The van der Waals surface area contributed by atoms with Crippen molar-refractivity contribution in [2.45, 2.75) is 0 Å². The number of hydrogen-bond acceptors (Lipinski definition) is 5. The molecule has 0 saturated carbocycles. The first kappa shape index (κ1) is 21.0. The van der Waals surface area contributed by atoms with Crippen molar-refractivity contribution in [1.82, 2.24) is 4.90 Å². The van der Waals surface area contributed by atoms with Gasteiger partial charge in [0, 0.05) is 12.6 Å². The lowest BCUT2D eigenvalue weighted by molar-refractivity contribution is -0.124. The van der Waals surface area contributed by atoms with Crippen molar-refractivity contribution in [2.24, 2.45) is 0 Å². The highest BCUT2D eigenvalue weighted by molar-refractivity contribution is 6.37. The summed E-state index contributed by atoms with van der Waals surface area (Å²) in [4.78, 5) is 13.6. The van der Waals surface area contributed by atoms with E-state index < -0.39 is 17.2 Å². The van der Waals surface area contributed by atoms with Gasteiger partial charge in [0.15, 0.2) is 11.3 Å². The van der Waals surface area contributed by atoms with Crippen LogP contribution < -0.4 is 0 Å². The lowest BCUT2D eigenvalue weighted by Gasteiger charge is -2.14. The second kappa shape index (κ2) is 9.05. The van der Waals surface area contributed by atoms with Crippen molar-refractivity contribution >= 4 is 34.9 Å². The van der Waals surface area contributed by atoms with Gasteiger partial charge in [-0.2, -0.15) is 5.26 Å². The zero-order valence-electron chi connectivity index (χ0n) is 14.6. The highest BCUT2D eigenvalue weighted by Crippen LogP contribution is 2.35. The van der Waals surface area contributed by atoms with Crippen molar-refractivity contribution in [2.75, 3.05) is 13.6 Å². The van der Waals surface area contributed by atoms with Gasteiger partial charge in [-0.3, -0.25) is 4.79 Å². The third-order valence-corrected chi connectivity index (χ3v) is 4.22. The Bertz CT molecular complexity index is 1040. The van der Waals surface area contributed by atoms with E-state index in [1.54, 1.807) is 24.3 Å². The number of benzene rings is 2. The number of likely N-dealkylation sites (N-methyl/N-ethyl adjacent to an activating group) is 1.